The summed E-state index contributed by atoms with van der Waals surface area (Å²) in [6, 6.07) is 5.83. The van der Waals surface area contributed by atoms with E-state index in [1.807, 2.05) is 14.0 Å². The van der Waals surface area contributed by atoms with Crippen molar-refractivity contribution in [3.05, 3.63) is 24.3 Å². The van der Waals surface area contributed by atoms with Crippen LogP contribution < -0.4 is 15.5 Å². The number of rotatable bonds is 5. The van der Waals surface area contributed by atoms with Crippen molar-refractivity contribution in [1.29, 1.82) is 0 Å². The molecule has 2 atom stereocenters. The Labute approximate surface area is 158 Å². The monoisotopic (exact) mass is 375 g/mol. The molecule has 27 heavy (non-hydrogen) atoms. The molecule has 0 aliphatic carbocycles. The number of hydrogen-bond donors (Lipinski definition) is 2. The van der Waals surface area contributed by atoms with Crippen LogP contribution in [-0.4, -0.2) is 80.3 Å². The van der Waals surface area contributed by atoms with Gasteiger partial charge in [0.05, 0.1) is 17.8 Å². The molecule has 2 fully saturated rings. The number of nitrogens with zero attached hydrogens (tertiary/aromatic N) is 3. The minimum absolute atomic E-state index is 0.0466. The van der Waals surface area contributed by atoms with Crippen LogP contribution in [0.25, 0.3) is 0 Å². The van der Waals surface area contributed by atoms with Crippen LogP contribution in [0.15, 0.2) is 24.3 Å². The molecule has 0 bridgehead atoms. The molecule has 0 radical (unpaired) electrons. The molecule has 0 unspecified atom stereocenters. The second-order valence-corrected chi connectivity index (χ2v) is 6.84. The van der Waals surface area contributed by atoms with E-state index in [0.29, 0.717) is 24.5 Å². The number of carbonyl (C=O) groups is 3. The van der Waals surface area contributed by atoms with E-state index in [2.05, 4.69) is 15.5 Å². The Morgan fingerprint density at radius 1 is 1.26 bits per heavy atom. The van der Waals surface area contributed by atoms with Crippen molar-refractivity contribution in [1.82, 2.24) is 15.1 Å². The average molecular weight is 375 g/mol. The number of likely N-dealkylation sites (N-methyl/N-ethyl adjacent to an activating group) is 2. The number of benzene rings is 1. The summed E-state index contributed by atoms with van der Waals surface area (Å²) >= 11 is 0. The molecule has 9 heteroatoms. The third kappa shape index (κ3) is 4.20. The second-order valence-electron chi connectivity index (χ2n) is 6.84. The second kappa shape index (κ2) is 7.93. The van der Waals surface area contributed by atoms with Crippen molar-refractivity contribution in [3.8, 4) is 0 Å². The lowest BCUT2D eigenvalue weighted by atomic mass is 10.2. The number of ether oxygens (including phenoxy) is 1. The smallest absolute Gasteiger partial charge is 0.331 e. The molecule has 2 aliphatic rings. The van der Waals surface area contributed by atoms with E-state index in [1.165, 1.54) is 4.90 Å². The van der Waals surface area contributed by atoms with Crippen LogP contribution >= 0.6 is 0 Å². The van der Waals surface area contributed by atoms with Crippen molar-refractivity contribution in [2.75, 3.05) is 50.6 Å². The van der Waals surface area contributed by atoms with Crippen molar-refractivity contribution in [2.24, 2.45) is 0 Å². The summed E-state index contributed by atoms with van der Waals surface area (Å²) in [5, 5.41) is 5.70. The standard InChI is InChI=1S/C18H25N5O4/c1-4-27-15-10-21(2)9-14(15)20-17(25)19-12-6-5-7-13(8-12)23-16(24)11-22(3)18(23)26/h5-8,14-15H,4,9-11H2,1-3H3,(H2,19,20,25)/t14-,15-/m0/s1. The fraction of sp³-hybridized carbons (Fsp3) is 0.500. The van der Waals surface area contributed by atoms with Gasteiger partial charge in [0.2, 0.25) is 0 Å². The van der Waals surface area contributed by atoms with Crippen LogP contribution in [-0.2, 0) is 9.53 Å². The molecule has 146 valence electrons. The number of carbonyl (C=O) groups excluding carboxylic acids is 3. The Bertz CT molecular complexity index is 740. The molecule has 0 saturated carbocycles. The maximum absolute atomic E-state index is 12.4. The normalized spacial score (nSPS) is 23.2. The number of anilines is 2. The zero-order valence-electron chi connectivity index (χ0n) is 15.8. The molecule has 2 N–H and O–H groups in total. The number of urea groups is 2. The van der Waals surface area contributed by atoms with Crippen LogP contribution in [0.3, 0.4) is 0 Å². The fourth-order valence-electron chi connectivity index (χ4n) is 3.42. The van der Waals surface area contributed by atoms with E-state index in [-0.39, 0.29) is 36.7 Å². The van der Waals surface area contributed by atoms with Crippen molar-refractivity contribution in [3.63, 3.8) is 0 Å². The lowest BCUT2D eigenvalue weighted by Gasteiger charge is -2.20. The predicted molar refractivity (Wildman–Crippen MR) is 101 cm³/mol. The number of amides is 5. The number of hydrogen-bond acceptors (Lipinski definition) is 5. The molecular formula is C18H25N5O4. The minimum atomic E-state index is -0.379. The average Bonchev–Trinajstić information content (AvgIpc) is 3.06. The quantitative estimate of drug-likeness (QED) is 0.747. The Balaban J connectivity index is 1.65. The Morgan fingerprint density at radius 3 is 2.70 bits per heavy atom. The molecule has 2 heterocycles. The van der Waals surface area contributed by atoms with E-state index in [9.17, 15) is 14.4 Å². The third-order valence-corrected chi connectivity index (χ3v) is 4.65. The molecule has 1 aromatic carbocycles. The maximum Gasteiger partial charge on any atom is 0.331 e. The van der Waals surface area contributed by atoms with Gasteiger partial charge in [0.25, 0.3) is 5.91 Å². The molecule has 2 aliphatic heterocycles. The largest absolute Gasteiger partial charge is 0.375 e. The van der Waals surface area contributed by atoms with Gasteiger partial charge in [0.1, 0.15) is 6.54 Å². The molecule has 5 amide bonds. The van der Waals surface area contributed by atoms with Gasteiger partial charge in [-0.2, -0.15) is 0 Å². The summed E-state index contributed by atoms with van der Waals surface area (Å²) in [5.74, 6) is -0.294. The predicted octanol–water partition coefficient (Wildman–Crippen LogP) is 0.926. The van der Waals surface area contributed by atoms with Crippen LogP contribution in [0, 0.1) is 0 Å². The summed E-state index contributed by atoms with van der Waals surface area (Å²) in [6.07, 6.45) is -0.0486. The Kier molecular flexibility index (Phi) is 5.62. The van der Waals surface area contributed by atoms with Gasteiger partial charge in [-0.1, -0.05) is 6.07 Å². The lowest BCUT2D eigenvalue weighted by Crippen LogP contribution is -2.45. The van der Waals surface area contributed by atoms with Gasteiger partial charge in [-0.15, -0.1) is 0 Å². The van der Waals surface area contributed by atoms with Gasteiger partial charge in [0.15, 0.2) is 0 Å². The zero-order valence-corrected chi connectivity index (χ0v) is 15.8. The van der Waals surface area contributed by atoms with Crippen LogP contribution in [0.1, 0.15) is 6.92 Å². The van der Waals surface area contributed by atoms with Gasteiger partial charge in [-0.3, -0.25) is 4.79 Å². The first-order chi connectivity index (χ1) is 12.9. The fourth-order valence-corrected chi connectivity index (χ4v) is 3.42. The van der Waals surface area contributed by atoms with Crippen molar-refractivity contribution < 1.29 is 19.1 Å². The first-order valence-electron chi connectivity index (χ1n) is 8.94. The summed E-state index contributed by atoms with van der Waals surface area (Å²) in [6.45, 7) is 4.04. The summed E-state index contributed by atoms with van der Waals surface area (Å²) in [5.41, 5.74) is 0.930. The van der Waals surface area contributed by atoms with Crippen LogP contribution in [0.2, 0.25) is 0 Å². The minimum Gasteiger partial charge on any atom is -0.375 e. The Morgan fingerprint density at radius 2 is 2.04 bits per heavy atom. The first kappa shape index (κ1) is 19.1. The molecule has 0 aromatic heterocycles. The van der Waals surface area contributed by atoms with Gasteiger partial charge < -0.3 is 25.2 Å². The third-order valence-electron chi connectivity index (χ3n) is 4.65. The van der Waals surface area contributed by atoms with Crippen LogP contribution in [0.5, 0.6) is 0 Å². The SMILES string of the molecule is CCO[C@H]1CN(C)C[C@@H]1NC(=O)Nc1cccc(N2C(=O)CN(C)C2=O)c1. The number of nitrogens with one attached hydrogen (secondary N) is 2. The molecule has 0 spiro atoms. The summed E-state index contributed by atoms with van der Waals surface area (Å²) < 4.78 is 5.69. The Hall–Kier alpha value is -2.65. The topological polar surface area (TPSA) is 94.2 Å². The molecule has 9 nitrogen and oxygen atoms in total. The van der Waals surface area contributed by atoms with Gasteiger partial charge in [0, 0.05) is 32.4 Å². The van der Waals surface area contributed by atoms with E-state index in [4.69, 9.17) is 4.74 Å². The number of likely N-dealkylation sites (tertiary alicyclic amines) is 1. The van der Waals surface area contributed by atoms with Gasteiger partial charge >= 0.3 is 12.1 Å². The van der Waals surface area contributed by atoms with Crippen molar-refractivity contribution >= 4 is 29.3 Å². The maximum atomic E-state index is 12.4. The van der Waals surface area contributed by atoms with E-state index in [1.54, 1.807) is 31.3 Å². The zero-order chi connectivity index (χ0) is 19.6. The highest BCUT2D eigenvalue weighted by Gasteiger charge is 2.35. The molecule has 1 aromatic rings. The molecule has 2 saturated heterocycles. The lowest BCUT2D eigenvalue weighted by molar-refractivity contribution is -0.116. The highest BCUT2D eigenvalue weighted by molar-refractivity contribution is 6.19. The van der Waals surface area contributed by atoms with Gasteiger partial charge in [-0.25, -0.2) is 14.5 Å². The summed E-state index contributed by atoms with van der Waals surface area (Å²) in [4.78, 5) is 41.1. The first-order valence-corrected chi connectivity index (χ1v) is 8.94. The number of imide groups is 1. The van der Waals surface area contributed by atoms with E-state index >= 15 is 0 Å². The van der Waals surface area contributed by atoms with Crippen LogP contribution in [0.4, 0.5) is 21.0 Å². The van der Waals surface area contributed by atoms with E-state index in [0.717, 1.165) is 11.4 Å². The summed E-state index contributed by atoms with van der Waals surface area (Å²) in [7, 11) is 3.55. The van der Waals surface area contributed by atoms with E-state index < -0.39 is 0 Å². The highest BCUT2D eigenvalue weighted by atomic mass is 16.5. The highest BCUT2D eigenvalue weighted by Crippen LogP contribution is 2.24. The molecule has 3 rings (SSSR count). The molecular weight excluding hydrogens is 350 g/mol. The van der Waals surface area contributed by atoms with Crippen molar-refractivity contribution in [2.45, 2.75) is 19.1 Å². The van der Waals surface area contributed by atoms with Gasteiger partial charge in [-0.05, 0) is 32.2 Å².